The van der Waals surface area contributed by atoms with Crippen molar-refractivity contribution in [2.45, 2.75) is 18.8 Å². The van der Waals surface area contributed by atoms with E-state index in [1.165, 1.54) is 4.68 Å². The number of nitrogens with zero attached hydrogens (tertiary/aromatic N) is 3. The third-order valence-corrected chi connectivity index (χ3v) is 5.48. The van der Waals surface area contributed by atoms with Crippen LogP contribution in [0.15, 0.2) is 53.3 Å². The summed E-state index contributed by atoms with van der Waals surface area (Å²) in [5.74, 6) is 1.15. The summed E-state index contributed by atoms with van der Waals surface area (Å²) in [6.07, 6.45) is 1.68. The number of methoxy groups -OCH3 is 1. The molecule has 0 radical (unpaired) electrons. The van der Waals surface area contributed by atoms with Crippen LogP contribution in [0, 0.1) is 0 Å². The summed E-state index contributed by atoms with van der Waals surface area (Å²) in [5.41, 5.74) is 0.838. The van der Waals surface area contributed by atoms with Gasteiger partial charge in [0.1, 0.15) is 11.6 Å². The molecule has 8 heteroatoms. The number of ether oxygens (including phenoxy) is 1. The Kier molecular flexibility index (Phi) is 5.40. The van der Waals surface area contributed by atoms with Crippen LogP contribution in [0.25, 0.3) is 5.69 Å². The van der Waals surface area contributed by atoms with Crippen LogP contribution < -0.4 is 10.4 Å². The molecular weight excluding hydrogens is 392 g/mol. The van der Waals surface area contributed by atoms with Gasteiger partial charge in [-0.1, -0.05) is 23.7 Å². The number of H-pyrrole nitrogens is 1. The maximum Gasteiger partial charge on any atom is 0.348 e. The molecule has 1 aliphatic rings. The number of hydrogen-bond donors (Lipinski definition) is 1. The zero-order valence-corrected chi connectivity index (χ0v) is 16.7. The Hall–Kier alpha value is -3.06. The number of rotatable bonds is 4. The topological polar surface area (TPSA) is 80.2 Å². The van der Waals surface area contributed by atoms with E-state index in [2.05, 4.69) is 10.1 Å². The minimum atomic E-state index is -0.306. The number of carbonyl (C=O) groups excluding carboxylic acids is 1. The standard InChI is InChI=1S/C21H21ClN4O3/c1-29-16-10-8-15(9-11-16)26-21(28)23-19(24-26)14-5-4-12-25(13-14)20(27)17-6-2-3-7-18(17)22/h2-3,6-11,14H,4-5,12-13H2,1H3,(H,23,24,28). The van der Waals surface area contributed by atoms with Gasteiger partial charge in [0, 0.05) is 19.0 Å². The summed E-state index contributed by atoms with van der Waals surface area (Å²) in [6.45, 7) is 1.14. The predicted molar refractivity (Wildman–Crippen MR) is 110 cm³/mol. The minimum absolute atomic E-state index is 0.0395. The Labute approximate surface area is 172 Å². The maximum absolute atomic E-state index is 12.9. The summed E-state index contributed by atoms with van der Waals surface area (Å²) in [6, 6.07) is 14.2. The molecule has 2 aromatic carbocycles. The fraction of sp³-hybridized carbons (Fsp3) is 0.286. The second-order valence-corrected chi connectivity index (χ2v) is 7.40. The fourth-order valence-electron chi connectivity index (χ4n) is 3.61. The van der Waals surface area contributed by atoms with Crippen molar-refractivity contribution < 1.29 is 9.53 Å². The molecular formula is C21H21ClN4O3. The highest BCUT2D eigenvalue weighted by atomic mass is 35.5. The number of benzene rings is 2. The smallest absolute Gasteiger partial charge is 0.348 e. The van der Waals surface area contributed by atoms with Gasteiger partial charge in [-0.3, -0.25) is 9.78 Å². The summed E-state index contributed by atoms with van der Waals surface area (Å²) >= 11 is 6.19. The number of aromatic amines is 1. The molecule has 1 amide bonds. The highest BCUT2D eigenvalue weighted by Gasteiger charge is 2.28. The van der Waals surface area contributed by atoms with E-state index in [9.17, 15) is 9.59 Å². The Morgan fingerprint density at radius 3 is 2.69 bits per heavy atom. The van der Waals surface area contributed by atoms with Crippen molar-refractivity contribution in [3.8, 4) is 11.4 Å². The SMILES string of the molecule is COc1ccc(-n2nc(C3CCCN(C(=O)c4ccccc4Cl)C3)[nH]c2=O)cc1. The van der Waals surface area contributed by atoms with Crippen molar-refractivity contribution >= 4 is 17.5 Å². The first-order valence-corrected chi connectivity index (χ1v) is 9.82. The minimum Gasteiger partial charge on any atom is -0.497 e. The monoisotopic (exact) mass is 412 g/mol. The van der Waals surface area contributed by atoms with E-state index in [0.29, 0.717) is 40.9 Å². The first-order valence-electron chi connectivity index (χ1n) is 9.44. The van der Waals surface area contributed by atoms with Gasteiger partial charge >= 0.3 is 5.69 Å². The highest BCUT2D eigenvalue weighted by Crippen LogP contribution is 2.27. The molecule has 3 aromatic rings. The van der Waals surface area contributed by atoms with Crippen molar-refractivity contribution in [3.05, 3.63) is 75.4 Å². The van der Waals surface area contributed by atoms with E-state index in [1.54, 1.807) is 60.5 Å². The lowest BCUT2D eigenvalue weighted by Crippen LogP contribution is -2.39. The number of likely N-dealkylation sites (tertiary alicyclic amines) is 1. The number of nitrogens with one attached hydrogen (secondary N) is 1. The lowest BCUT2D eigenvalue weighted by Gasteiger charge is -2.31. The van der Waals surface area contributed by atoms with Crippen LogP contribution in [0.1, 0.15) is 34.9 Å². The molecule has 0 bridgehead atoms. The Morgan fingerprint density at radius 2 is 1.97 bits per heavy atom. The Morgan fingerprint density at radius 1 is 1.21 bits per heavy atom. The quantitative estimate of drug-likeness (QED) is 0.713. The first-order chi connectivity index (χ1) is 14.1. The van der Waals surface area contributed by atoms with Gasteiger partial charge in [-0.15, -0.1) is 5.10 Å². The van der Waals surface area contributed by atoms with Crippen LogP contribution in [0.3, 0.4) is 0 Å². The van der Waals surface area contributed by atoms with Crippen LogP contribution in [0.2, 0.25) is 5.02 Å². The molecule has 0 aliphatic carbocycles. The number of piperidine rings is 1. The lowest BCUT2D eigenvalue weighted by atomic mass is 9.96. The van der Waals surface area contributed by atoms with Crippen molar-refractivity contribution in [3.63, 3.8) is 0 Å². The van der Waals surface area contributed by atoms with Gasteiger partial charge in [0.15, 0.2) is 0 Å². The van der Waals surface area contributed by atoms with Gasteiger partial charge in [0.2, 0.25) is 0 Å². The summed E-state index contributed by atoms with van der Waals surface area (Å²) in [5, 5.41) is 4.93. The highest BCUT2D eigenvalue weighted by molar-refractivity contribution is 6.33. The molecule has 1 saturated heterocycles. The lowest BCUT2D eigenvalue weighted by molar-refractivity contribution is 0.0704. The second kappa shape index (κ2) is 8.13. The summed E-state index contributed by atoms with van der Waals surface area (Å²) in [4.78, 5) is 29.9. The van der Waals surface area contributed by atoms with Gasteiger partial charge in [-0.05, 0) is 49.2 Å². The van der Waals surface area contributed by atoms with Gasteiger partial charge in [-0.25, -0.2) is 4.79 Å². The largest absolute Gasteiger partial charge is 0.497 e. The van der Waals surface area contributed by atoms with Crippen molar-refractivity contribution in [2.75, 3.05) is 20.2 Å². The van der Waals surface area contributed by atoms with E-state index >= 15 is 0 Å². The van der Waals surface area contributed by atoms with E-state index in [4.69, 9.17) is 16.3 Å². The molecule has 1 aromatic heterocycles. The van der Waals surface area contributed by atoms with Gasteiger partial charge in [0.05, 0.1) is 23.4 Å². The average molecular weight is 413 g/mol. The van der Waals surface area contributed by atoms with Crippen molar-refractivity contribution in [2.24, 2.45) is 0 Å². The molecule has 1 aliphatic heterocycles. The van der Waals surface area contributed by atoms with E-state index in [0.717, 1.165) is 12.8 Å². The number of carbonyl (C=O) groups is 1. The number of amides is 1. The van der Waals surface area contributed by atoms with Crippen LogP contribution in [0.5, 0.6) is 5.75 Å². The molecule has 150 valence electrons. The molecule has 1 N–H and O–H groups in total. The third-order valence-electron chi connectivity index (χ3n) is 5.15. The molecule has 1 atom stereocenters. The van der Waals surface area contributed by atoms with Crippen LogP contribution in [0.4, 0.5) is 0 Å². The van der Waals surface area contributed by atoms with Gasteiger partial charge in [0.25, 0.3) is 5.91 Å². The number of aromatic nitrogens is 3. The molecule has 0 spiro atoms. The third kappa shape index (κ3) is 3.91. The number of hydrogen-bond acceptors (Lipinski definition) is 4. The molecule has 29 heavy (non-hydrogen) atoms. The average Bonchev–Trinajstić information content (AvgIpc) is 3.15. The van der Waals surface area contributed by atoms with Crippen molar-refractivity contribution in [1.29, 1.82) is 0 Å². The molecule has 2 heterocycles. The Balaban J connectivity index is 1.55. The van der Waals surface area contributed by atoms with E-state index in [-0.39, 0.29) is 17.5 Å². The van der Waals surface area contributed by atoms with Crippen LogP contribution in [-0.2, 0) is 0 Å². The summed E-state index contributed by atoms with van der Waals surface area (Å²) in [7, 11) is 1.59. The number of halogens is 1. The summed E-state index contributed by atoms with van der Waals surface area (Å²) < 4.78 is 6.49. The molecule has 1 fully saturated rings. The molecule has 0 saturated carbocycles. The second-order valence-electron chi connectivity index (χ2n) is 7.00. The fourth-order valence-corrected chi connectivity index (χ4v) is 3.83. The zero-order chi connectivity index (χ0) is 20.4. The van der Waals surface area contributed by atoms with Gasteiger partial charge < -0.3 is 9.64 Å². The predicted octanol–water partition coefficient (Wildman–Crippen LogP) is 3.24. The van der Waals surface area contributed by atoms with E-state index in [1.807, 2.05) is 0 Å². The molecule has 7 nitrogen and oxygen atoms in total. The van der Waals surface area contributed by atoms with Gasteiger partial charge in [-0.2, -0.15) is 4.68 Å². The normalized spacial score (nSPS) is 16.6. The maximum atomic E-state index is 12.9. The molecule has 4 rings (SSSR count). The van der Waals surface area contributed by atoms with E-state index < -0.39 is 0 Å². The van der Waals surface area contributed by atoms with Crippen LogP contribution in [-0.4, -0.2) is 45.8 Å². The molecule has 1 unspecified atom stereocenters. The van der Waals surface area contributed by atoms with Crippen LogP contribution >= 0.6 is 11.6 Å². The zero-order valence-electron chi connectivity index (χ0n) is 16.0. The van der Waals surface area contributed by atoms with Crippen molar-refractivity contribution in [1.82, 2.24) is 19.7 Å². The Bertz CT molecular complexity index is 1070. The first kappa shape index (κ1) is 19.3.